The van der Waals surface area contributed by atoms with Gasteiger partial charge in [0, 0.05) is 31.9 Å². The van der Waals surface area contributed by atoms with Crippen LogP contribution in [0.3, 0.4) is 0 Å². The lowest BCUT2D eigenvalue weighted by atomic mass is 10.0. The maximum atomic E-state index is 10.7. The summed E-state index contributed by atoms with van der Waals surface area (Å²) in [6.07, 6.45) is 3.89. The minimum atomic E-state index is -1.17. The Labute approximate surface area is 184 Å². The average Bonchev–Trinajstić information content (AvgIpc) is 3.21. The van der Waals surface area contributed by atoms with Gasteiger partial charge in [0.15, 0.2) is 5.96 Å². The first-order chi connectivity index (χ1) is 12.7. The van der Waals surface area contributed by atoms with Crippen molar-refractivity contribution in [3.05, 3.63) is 41.6 Å². The van der Waals surface area contributed by atoms with Gasteiger partial charge in [0.1, 0.15) is 17.1 Å². The van der Waals surface area contributed by atoms with Crippen LogP contribution in [-0.2, 0) is 12.6 Å². The van der Waals surface area contributed by atoms with Gasteiger partial charge in [-0.05, 0) is 47.0 Å². The maximum Gasteiger partial charge on any atom is 0.191 e. The SMILES string of the molecule is CCNC(=NCC(C)(O)c1ccc(C)o1)NCC(c1cnn(C)c1)N(C)C.I. The zero-order valence-corrected chi connectivity index (χ0v) is 19.9. The number of aliphatic hydroxyl groups is 1. The highest BCUT2D eigenvalue weighted by Crippen LogP contribution is 2.23. The Hall–Kier alpha value is -1.59. The van der Waals surface area contributed by atoms with E-state index in [0.717, 1.165) is 17.9 Å². The van der Waals surface area contributed by atoms with Gasteiger partial charge in [0.05, 0.1) is 18.8 Å². The van der Waals surface area contributed by atoms with Crippen LogP contribution in [0, 0.1) is 6.92 Å². The van der Waals surface area contributed by atoms with Crippen LogP contribution in [0.15, 0.2) is 33.9 Å². The monoisotopic (exact) mass is 504 g/mol. The number of nitrogens with one attached hydrogen (secondary N) is 2. The normalized spacial score (nSPS) is 15.1. The Morgan fingerprint density at radius 1 is 1.39 bits per heavy atom. The molecule has 0 radical (unpaired) electrons. The molecule has 0 spiro atoms. The molecule has 28 heavy (non-hydrogen) atoms. The molecule has 0 aliphatic rings. The van der Waals surface area contributed by atoms with Crippen molar-refractivity contribution in [1.29, 1.82) is 0 Å². The molecule has 0 amide bonds. The summed E-state index contributed by atoms with van der Waals surface area (Å²) < 4.78 is 7.35. The molecule has 2 heterocycles. The van der Waals surface area contributed by atoms with Gasteiger partial charge in [-0.2, -0.15) is 5.10 Å². The van der Waals surface area contributed by atoms with E-state index in [1.807, 2.05) is 53.5 Å². The third kappa shape index (κ3) is 6.78. The molecule has 9 heteroatoms. The quantitative estimate of drug-likeness (QED) is 0.290. The fourth-order valence-electron chi connectivity index (χ4n) is 2.78. The Bertz CT molecular complexity index is 753. The molecule has 0 bridgehead atoms. The van der Waals surface area contributed by atoms with Gasteiger partial charge in [-0.25, -0.2) is 4.99 Å². The Morgan fingerprint density at radius 2 is 2.11 bits per heavy atom. The van der Waals surface area contributed by atoms with E-state index in [0.29, 0.717) is 18.3 Å². The molecule has 0 saturated carbocycles. The number of aryl methyl sites for hydroxylation is 2. The van der Waals surface area contributed by atoms with Gasteiger partial charge in [-0.1, -0.05) is 0 Å². The van der Waals surface area contributed by atoms with Crippen molar-refractivity contribution in [2.45, 2.75) is 32.4 Å². The molecule has 2 atom stereocenters. The van der Waals surface area contributed by atoms with Gasteiger partial charge in [-0.3, -0.25) is 4.68 Å². The number of rotatable bonds is 8. The summed E-state index contributed by atoms with van der Waals surface area (Å²) in [7, 11) is 5.98. The Balaban J connectivity index is 0.00000392. The Morgan fingerprint density at radius 3 is 2.61 bits per heavy atom. The highest BCUT2D eigenvalue weighted by atomic mass is 127. The number of hydrogen-bond donors (Lipinski definition) is 3. The molecular weight excluding hydrogens is 471 g/mol. The van der Waals surface area contributed by atoms with E-state index in [1.54, 1.807) is 17.7 Å². The number of nitrogens with zero attached hydrogens (tertiary/aromatic N) is 4. The number of furan rings is 1. The highest BCUT2D eigenvalue weighted by Gasteiger charge is 2.27. The highest BCUT2D eigenvalue weighted by molar-refractivity contribution is 14.0. The minimum Gasteiger partial charge on any atom is -0.463 e. The predicted octanol–water partition coefficient (Wildman–Crippen LogP) is 2.01. The van der Waals surface area contributed by atoms with Crippen LogP contribution in [-0.4, -0.2) is 59.5 Å². The smallest absolute Gasteiger partial charge is 0.191 e. The lowest BCUT2D eigenvalue weighted by Crippen LogP contribution is -2.42. The minimum absolute atomic E-state index is 0. The van der Waals surface area contributed by atoms with Crippen LogP contribution in [0.5, 0.6) is 0 Å². The molecule has 8 nitrogen and oxygen atoms in total. The largest absolute Gasteiger partial charge is 0.463 e. The van der Waals surface area contributed by atoms with Crippen molar-refractivity contribution in [2.24, 2.45) is 12.0 Å². The second-order valence-electron chi connectivity index (χ2n) is 7.19. The molecule has 2 aromatic rings. The topological polar surface area (TPSA) is 90.9 Å². The van der Waals surface area contributed by atoms with Crippen molar-refractivity contribution in [3.63, 3.8) is 0 Å². The number of hydrogen-bond acceptors (Lipinski definition) is 5. The van der Waals surface area contributed by atoms with Crippen molar-refractivity contribution in [2.75, 3.05) is 33.7 Å². The van der Waals surface area contributed by atoms with Crippen molar-refractivity contribution < 1.29 is 9.52 Å². The van der Waals surface area contributed by atoms with Crippen LogP contribution in [0.25, 0.3) is 0 Å². The maximum absolute atomic E-state index is 10.7. The first-order valence-corrected chi connectivity index (χ1v) is 9.19. The van der Waals surface area contributed by atoms with E-state index < -0.39 is 5.60 Å². The van der Waals surface area contributed by atoms with Gasteiger partial charge in [0.25, 0.3) is 0 Å². The van der Waals surface area contributed by atoms with Crippen molar-refractivity contribution in [3.8, 4) is 0 Å². The van der Waals surface area contributed by atoms with Crippen LogP contribution in [0.1, 0.15) is 37.0 Å². The molecule has 0 aromatic carbocycles. The molecule has 2 aromatic heterocycles. The van der Waals surface area contributed by atoms with E-state index in [1.165, 1.54) is 0 Å². The fraction of sp³-hybridized carbons (Fsp3) is 0.579. The van der Waals surface area contributed by atoms with Crippen LogP contribution in [0.4, 0.5) is 0 Å². The van der Waals surface area contributed by atoms with Crippen LogP contribution in [0.2, 0.25) is 0 Å². The molecule has 0 aliphatic heterocycles. The lowest BCUT2D eigenvalue weighted by Gasteiger charge is -2.25. The van der Waals surface area contributed by atoms with E-state index in [9.17, 15) is 5.11 Å². The average molecular weight is 504 g/mol. The van der Waals surface area contributed by atoms with Gasteiger partial charge in [0.2, 0.25) is 0 Å². The van der Waals surface area contributed by atoms with Gasteiger partial charge >= 0.3 is 0 Å². The second-order valence-corrected chi connectivity index (χ2v) is 7.19. The standard InChI is InChI=1S/C19H32N6O2.HI/c1-7-20-18(22-13-19(3,26)17-9-8-14(2)27-17)21-11-16(24(4)5)15-10-23-25(6)12-15;/h8-10,12,16,26H,7,11,13H2,1-6H3,(H2,20,21,22);1H. The zero-order chi connectivity index (χ0) is 20.0. The van der Waals surface area contributed by atoms with Gasteiger partial charge in [-0.15, -0.1) is 24.0 Å². The van der Waals surface area contributed by atoms with E-state index >= 15 is 0 Å². The summed E-state index contributed by atoms with van der Waals surface area (Å²) in [5.41, 5.74) is -0.0371. The molecule has 0 aliphatic carbocycles. The first-order valence-electron chi connectivity index (χ1n) is 9.19. The number of aliphatic imine (C=N–C) groups is 1. The molecule has 0 saturated heterocycles. The fourth-order valence-corrected chi connectivity index (χ4v) is 2.78. The van der Waals surface area contributed by atoms with E-state index in [2.05, 4.69) is 25.6 Å². The first kappa shape index (κ1) is 24.4. The number of halogens is 1. The van der Waals surface area contributed by atoms with Crippen molar-refractivity contribution in [1.82, 2.24) is 25.3 Å². The molecule has 2 unspecified atom stereocenters. The molecule has 2 rings (SSSR count). The summed E-state index contributed by atoms with van der Waals surface area (Å²) in [6.45, 7) is 7.15. The van der Waals surface area contributed by atoms with E-state index in [4.69, 9.17) is 4.42 Å². The number of aromatic nitrogens is 2. The second kappa shape index (κ2) is 10.8. The Kier molecular flexibility index (Phi) is 9.45. The van der Waals surface area contributed by atoms with E-state index in [-0.39, 0.29) is 36.6 Å². The molecule has 158 valence electrons. The summed E-state index contributed by atoms with van der Waals surface area (Å²) in [5.74, 6) is 1.93. The number of likely N-dealkylation sites (N-methyl/N-ethyl adjacent to an activating group) is 1. The number of guanidine groups is 1. The zero-order valence-electron chi connectivity index (χ0n) is 17.6. The molecule has 3 N–H and O–H groups in total. The lowest BCUT2D eigenvalue weighted by molar-refractivity contribution is 0.0428. The summed E-state index contributed by atoms with van der Waals surface area (Å²) >= 11 is 0. The summed E-state index contributed by atoms with van der Waals surface area (Å²) in [6, 6.07) is 3.78. The predicted molar refractivity (Wildman–Crippen MR) is 122 cm³/mol. The van der Waals surface area contributed by atoms with Crippen molar-refractivity contribution >= 4 is 29.9 Å². The van der Waals surface area contributed by atoms with Gasteiger partial charge < -0.3 is 25.1 Å². The third-order valence-corrected chi connectivity index (χ3v) is 4.36. The molecular formula is C19H33IN6O2. The summed E-state index contributed by atoms with van der Waals surface area (Å²) in [4.78, 5) is 6.68. The summed E-state index contributed by atoms with van der Waals surface area (Å²) in [5, 5.41) is 21.5. The van der Waals surface area contributed by atoms with Crippen LogP contribution < -0.4 is 10.6 Å². The molecule has 0 fully saturated rings. The van der Waals surface area contributed by atoms with Crippen LogP contribution >= 0.6 is 24.0 Å². The third-order valence-electron chi connectivity index (χ3n) is 4.36.